The third kappa shape index (κ3) is 2.17. The van der Waals surface area contributed by atoms with E-state index in [4.69, 9.17) is 5.73 Å². The first kappa shape index (κ1) is 12.8. The Morgan fingerprint density at radius 1 is 1.10 bits per heavy atom. The Morgan fingerprint density at radius 3 is 2.70 bits per heavy atom. The summed E-state index contributed by atoms with van der Waals surface area (Å²) in [6.45, 7) is 1.74. The van der Waals surface area contributed by atoms with E-state index in [1.165, 1.54) is 6.07 Å². The zero-order chi connectivity index (χ0) is 14.1. The van der Waals surface area contributed by atoms with Crippen LogP contribution in [0.2, 0.25) is 0 Å². The van der Waals surface area contributed by atoms with Crippen LogP contribution >= 0.6 is 0 Å². The maximum Gasteiger partial charge on any atom is 0.126 e. The lowest BCUT2D eigenvalue weighted by molar-refractivity contribution is 0.616. The number of aryl methyl sites for hydroxylation is 1. The molecule has 100 valence electrons. The Bertz CT molecular complexity index is 763. The quantitative estimate of drug-likeness (QED) is 0.767. The molecule has 0 saturated heterocycles. The van der Waals surface area contributed by atoms with Gasteiger partial charge in [0.15, 0.2) is 0 Å². The zero-order valence-electron chi connectivity index (χ0n) is 11.2. The van der Waals surface area contributed by atoms with Gasteiger partial charge in [0, 0.05) is 11.6 Å². The van der Waals surface area contributed by atoms with Crippen molar-refractivity contribution in [2.75, 3.05) is 0 Å². The van der Waals surface area contributed by atoms with E-state index in [0.29, 0.717) is 5.56 Å². The summed E-state index contributed by atoms with van der Waals surface area (Å²) in [6.07, 6.45) is 1.76. The topological polar surface area (TPSA) is 38.9 Å². The molecule has 3 heteroatoms. The number of nitrogens with two attached hydrogens (primary N) is 1. The number of fused-ring (bicyclic) bond motifs is 1. The molecule has 2 N–H and O–H groups in total. The van der Waals surface area contributed by atoms with E-state index in [9.17, 15) is 4.39 Å². The van der Waals surface area contributed by atoms with Gasteiger partial charge in [0.1, 0.15) is 5.82 Å². The summed E-state index contributed by atoms with van der Waals surface area (Å²) in [7, 11) is 0. The van der Waals surface area contributed by atoms with Crippen molar-refractivity contribution in [3.63, 3.8) is 0 Å². The van der Waals surface area contributed by atoms with Gasteiger partial charge in [-0.25, -0.2) is 4.39 Å². The van der Waals surface area contributed by atoms with Gasteiger partial charge in [-0.1, -0.05) is 36.4 Å². The molecule has 0 amide bonds. The average molecular weight is 266 g/mol. The van der Waals surface area contributed by atoms with Gasteiger partial charge >= 0.3 is 0 Å². The summed E-state index contributed by atoms with van der Waals surface area (Å²) in [5.74, 6) is -0.216. The summed E-state index contributed by atoms with van der Waals surface area (Å²) in [5.41, 5.74) is 8.59. The molecule has 1 atom stereocenters. The fraction of sp³-hybridized carbons (Fsp3) is 0.118. The highest BCUT2D eigenvalue weighted by atomic mass is 19.1. The molecule has 1 heterocycles. The van der Waals surface area contributed by atoms with Crippen molar-refractivity contribution in [2.45, 2.75) is 13.0 Å². The van der Waals surface area contributed by atoms with Gasteiger partial charge in [-0.15, -0.1) is 0 Å². The number of halogens is 1. The molecule has 3 rings (SSSR count). The number of benzene rings is 2. The second kappa shape index (κ2) is 5.02. The molecular formula is C17H15FN2. The SMILES string of the molecule is Cc1cc(C(N)c2nccc3ccccc23)ccc1F. The lowest BCUT2D eigenvalue weighted by Crippen LogP contribution is -2.14. The molecule has 2 aromatic carbocycles. The summed E-state index contributed by atoms with van der Waals surface area (Å²) in [4.78, 5) is 4.42. The fourth-order valence-electron chi connectivity index (χ4n) is 2.41. The number of nitrogens with zero attached hydrogens (tertiary/aromatic N) is 1. The maximum atomic E-state index is 13.4. The highest BCUT2D eigenvalue weighted by Gasteiger charge is 2.14. The Labute approximate surface area is 117 Å². The van der Waals surface area contributed by atoms with Crippen LogP contribution in [0.4, 0.5) is 4.39 Å². The molecular weight excluding hydrogens is 251 g/mol. The highest BCUT2D eigenvalue weighted by molar-refractivity contribution is 5.85. The first-order valence-corrected chi connectivity index (χ1v) is 6.52. The Balaban J connectivity index is 2.12. The third-order valence-electron chi connectivity index (χ3n) is 3.54. The van der Waals surface area contributed by atoms with Crippen molar-refractivity contribution in [3.8, 4) is 0 Å². The maximum absolute atomic E-state index is 13.4. The smallest absolute Gasteiger partial charge is 0.126 e. The molecule has 1 unspecified atom stereocenters. The zero-order valence-corrected chi connectivity index (χ0v) is 11.2. The lowest BCUT2D eigenvalue weighted by atomic mass is 9.98. The predicted octanol–water partition coefficient (Wildman–Crippen LogP) is 3.73. The molecule has 20 heavy (non-hydrogen) atoms. The van der Waals surface area contributed by atoms with Gasteiger partial charge in [-0.3, -0.25) is 4.98 Å². The molecule has 0 aliphatic rings. The predicted molar refractivity (Wildman–Crippen MR) is 78.9 cm³/mol. The summed E-state index contributed by atoms with van der Waals surface area (Å²) < 4.78 is 13.4. The minimum Gasteiger partial charge on any atom is -0.319 e. The molecule has 2 nitrogen and oxygen atoms in total. The molecule has 0 saturated carbocycles. The monoisotopic (exact) mass is 266 g/mol. The second-order valence-electron chi connectivity index (χ2n) is 4.90. The number of rotatable bonds is 2. The molecule has 0 aliphatic heterocycles. The van der Waals surface area contributed by atoms with Crippen molar-refractivity contribution in [3.05, 3.63) is 77.4 Å². The van der Waals surface area contributed by atoms with E-state index in [2.05, 4.69) is 4.98 Å². The van der Waals surface area contributed by atoms with Crippen LogP contribution in [-0.2, 0) is 0 Å². The van der Waals surface area contributed by atoms with Crippen LogP contribution in [0.3, 0.4) is 0 Å². The number of pyridine rings is 1. The first-order chi connectivity index (χ1) is 9.66. The van der Waals surface area contributed by atoms with Crippen LogP contribution in [0.15, 0.2) is 54.7 Å². The summed E-state index contributed by atoms with van der Waals surface area (Å²) in [6, 6.07) is 14.5. The molecule has 0 fully saturated rings. The summed E-state index contributed by atoms with van der Waals surface area (Å²) >= 11 is 0. The Morgan fingerprint density at radius 2 is 1.90 bits per heavy atom. The van der Waals surface area contributed by atoms with E-state index >= 15 is 0 Å². The minimum absolute atomic E-state index is 0.216. The van der Waals surface area contributed by atoms with Gasteiger partial charge in [0.25, 0.3) is 0 Å². The Kier molecular flexibility index (Phi) is 3.20. The minimum atomic E-state index is -0.361. The van der Waals surface area contributed by atoms with Crippen LogP contribution in [0, 0.1) is 12.7 Å². The van der Waals surface area contributed by atoms with E-state index in [-0.39, 0.29) is 11.9 Å². The Hall–Kier alpha value is -2.26. The van der Waals surface area contributed by atoms with Crippen molar-refractivity contribution in [1.29, 1.82) is 0 Å². The van der Waals surface area contributed by atoms with E-state index in [1.807, 2.05) is 30.3 Å². The molecule has 0 radical (unpaired) electrons. The van der Waals surface area contributed by atoms with Crippen molar-refractivity contribution < 1.29 is 4.39 Å². The lowest BCUT2D eigenvalue weighted by Gasteiger charge is -2.14. The third-order valence-corrected chi connectivity index (χ3v) is 3.54. The van der Waals surface area contributed by atoms with E-state index in [0.717, 1.165) is 22.0 Å². The molecule has 1 aromatic heterocycles. The van der Waals surface area contributed by atoms with Crippen LogP contribution in [0.1, 0.15) is 22.9 Å². The van der Waals surface area contributed by atoms with Crippen LogP contribution < -0.4 is 5.73 Å². The van der Waals surface area contributed by atoms with Gasteiger partial charge in [0.2, 0.25) is 0 Å². The van der Waals surface area contributed by atoms with Gasteiger partial charge in [-0.2, -0.15) is 0 Å². The van der Waals surface area contributed by atoms with Gasteiger partial charge in [0.05, 0.1) is 11.7 Å². The fourth-order valence-corrected chi connectivity index (χ4v) is 2.41. The van der Waals surface area contributed by atoms with Crippen molar-refractivity contribution >= 4 is 10.8 Å². The van der Waals surface area contributed by atoms with E-state index in [1.54, 1.807) is 25.3 Å². The second-order valence-corrected chi connectivity index (χ2v) is 4.90. The van der Waals surface area contributed by atoms with Gasteiger partial charge < -0.3 is 5.73 Å². The number of aromatic nitrogens is 1. The summed E-state index contributed by atoms with van der Waals surface area (Å²) in [5, 5.41) is 2.14. The number of hydrogen-bond donors (Lipinski definition) is 1. The van der Waals surface area contributed by atoms with Crippen LogP contribution in [-0.4, -0.2) is 4.98 Å². The van der Waals surface area contributed by atoms with E-state index < -0.39 is 0 Å². The highest BCUT2D eigenvalue weighted by Crippen LogP contribution is 2.26. The van der Waals surface area contributed by atoms with Crippen molar-refractivity contribution in [1.82, 2.24) is 4.98 Å². The largest absolute Gasteiger partial charge is 0.319 e. The average Bonchev–Trinajstić information content (AvgIpc) is 2.49. The standard InChI is InChI=1S/C17H15FN2/c1-11-10-13(6-7-15(11)18)16(19)17-14-5-3-2-4-12(14)8-9-20-17/h2-10,16H,19H2,1H3. The van der Waals surface area contributed by atoms with Crippen LogP contribution in [0.25, 0.3) is 10.8 Å². The first-order valence-electron chi connectivity index (χ1n) is 6.52. The normalized spacial score (nSPS) is 12.6. The van der Waals surface area contributed by atoms with Crippen LogP contribution in [0.5, 0.6) is 0 Å². The number of hydrogen-bond acceptors (Lipinski definition) is 2. The molecule has 3 aromatic rings. The molecule has 0 bridgehead atoms. The molecule has 0 spiro atoms. The van der Waals surface area contributed by atoms with Gasteiger partial charge in [-0.05, 0) is 35.6 Å². The van der Waals surface area contributed by atoms with Crippen molar-refractivity contribution in [2.24, 2.45) is 5.73 Å². The molecule has 0 aliphatic carbocycles.